The largest absolute Gasteiger partial charge is 0.480 e. The number of rotatable bonds is 13. The lowest BCUT2D eigenvalue weighted by Crippen LogP contribution is -2.59. The van der Waals surface area contributed by atoms with Crippen LogP contribution in [0.3, 0.4) is 0 Å². The highest BCUT2D eigenvalue weighted by Crippen LogP contribution is 2.06. The number of nitrogens with one attached hydrogen (secondary N) is 4. The Morgan fingerprint density at radius 2 is 1.72 bits per heavy atom. The summed E-state index contributed by atoms with van der Waals surface area (Å²) in [6.45, 7) is 3.32. The van der Waals surface area contributed by atoms with Gasteiger partial charge in [0.05, 0.1) is 18.8 Å². The van der Waals surface area contributed by atoms with Crippen molar-refractivity contribution in [1.82, 2.24) is 25.9 Å². The molecule has 178 valence electrons. The number of H-pyrrole nitrogens is 1. The highest BCUT2D eigenvalue weighted by molar-refractivity contribution is 7.80. The Bertz CT molecular complexity index is 817. The second-order valence-electron chi connectivity index (χ2n) is 7.43. The molecule has 4 atom stereocenters. The lowest BCUT2D eigenvalue weighted by Gasteiger charge is -2.26. The molecule has 0 radical (unpaired) electrons. The summed E-state index contributed by atoms with van der Waals surface area (Å²) in [6, 6.07) is -4.84. The van der Waals surface area contributed by atoms with Crippen LogP contribution in [0.2, 0.25) is 0 Å². The van der Waals surface area contributed by atoms with Gasteiger partial charge in [-0.25, -0.2) is 9.78 Å². The molecule has 1 aromatic heterocycles. The van der Waals surface area contributed by atoms with Crippen molar-refractivity contribution in [3.63, 3.8) is 0 Å². The van der Waals surface area contributed by atoms with Gasteiger partial charge in [0.1, 0.15) is 18.1 Å². The van der Waals surface area contributed by atoms with Crippen LogP contribution in [0.5, 0.6) is 0 Å². The van der Waals surface area contributed by atoms with Crippen LogP contribution in [-0.2, 0) is 30.4 Å². The standard InChI is InChI=1S/C18H29N7O6S/c1-8(2)14(25-15(27)10(19)3-9-5-21-7-22-9)17(29)23-11(4-13(20)26)16(28)24-12(6-32)18(30)31/h5,7-8,10-12,14,32H,3-4,6,19H2,1-2H3,(H2,20,26)(H,21,22)(H,23,29)(H,24,28)(H,25,27)(H,30,31). The van der Waals surface area contributed by atoms with Crippen LogP contribution in [0.1, 0.15) is 26.0 Å². The summed E-state index contributed by atoms with van der Waals surface area (Å²) in [6.07, 6.45) is 2.54. The van der Waals surface area contributed by atoms with Gasteiger partial charge in [0.2, 0.25) is 23.6 Å². The first-order chi connectivity index (χ1) is 15.0. The van der Waals surface area contributed by atoms with Crippen LogP contribution in [-0.4, -0.2) is 74.6 Å². The number of aliphatic carboxylic acids is 1. The first-order valence-corrected chi connectivity index (χ1v) is 10.3. The molecule has 0 bridgehead atoms. The van der Waals surface area contributed by atoms with E-state index in [1.807, 2.05) is 0 Å². The van der Waals surface area contributed by atoms with E-state index in [0.29, 0.717) is 5.69 Å². The van der Waals surface area contributed by atoms with Crippen molar-refractivity contribution in [2.45, 2.75) is 50.9 Å². The third kappa shape index (κ3) is 8.55. The van der Waals surface area contributed by atoms with E-state index in [1.165, 1.54) is 12.5 Å². The third-order valence-electron chi connectivity index (χ3n) is 4.41. The Balaban J connectivity index is 2.88. The molecule has 4 amide bonds. The molecule has 9 N–H and O–H groups in total. The van der Waals surface area contributed by atoms with Gasteiger partial charge < -0.3 is 37.5 Å². The van der Waals surface area contributed by atoms with Crippen molar-refractivity contribution in [3.05, 3.63) is 18.2 Å². The van der Waals surface area contributed by atoms with Crippen LogP contribution in [0.4, 0.5) is 0 Å². The van der Waals surface area contributed by atoms with Gasteiger partial charge in [0, 0.05) is 24.1 Å². The van der Waals surface area contributed by atoms with E-state index in [-0.39, 0.29) is 12.2 Å². The number of hydrogen-bond donors (Lipinski definition) is 8. The summed E-state index contributed by atoms with van der Waals surface area (Å²) in [5, 5.41) is 16.1. The monoisotopic (exact) mass is 471 g/mol. The van der Waals surface area contributed by atoms with Gasteiger partial charge in [0.25, 0.3) is 0 Å². The number of hydrogen-bond acceptors (Lipinski definition) is 8. The van der Waals surface area contributed by atoms with E-state index in [4.69, 9.17) is 16.6 Å². The number of carbonyl (C=O) groups excluding carboxylic acids is 4. The molecule has 13 nitrogen and oxygen atoms in total. The Morgan fingerprint density at radius 1 is 1.09 bits per heavy atom. The lowest BCUT2D eigenvalue weighted by atomic mass is 10.0. The van der Waals surface area contributed by atoms with Crippen LogP contribution in [0.15, 0.2) is 12.5 Å². The minimum Gasteiger partial charge on any atom is -0.480 e. The van der Waals surface area contributed by atoms with Gasteiger partial charge in [-0.15, -0.1) is 0 Å². The number of amides is 4. The maximum Gasteiger partial charge on any atom is 0.327 e. The van der Waals surface area contributed by atoms with Crippen molar-refractivity contribution >= 4 is 42.2 Å². The van der Waals surface area contributed by atoms with Gasteiger partial charge in [0.15, 0.2) is 0 Å². The number of carboxylic acids is 1. The fraction of sp³-hybridized carbons (Fsp3) is 0.556. The zero-order valence-corrected chi connectivity index (χ0v) is 18.6. The third-order valence-corrected chi connectivity index (χ3v) is 4.78. The highest BCUT2D eigenvalue weighted by atomic mass is 32.1. The molecule has 4 unspecified atom stereocenters. The van der Waals surface area contributed by atoms with Crippen LogP contribution < -0.4 is 27.4 Å². The molecule has 0 aliphatic heterocycles. The number of nitrogens with two attached hydrogens (primary N) is 2. The van der Waals surface area contributed by atoms with E-state index in [9.17, 15) is 24.0 Å². The van der Waals surface area contributed by atoms with Gasteiger partial charge in [-0.1, -0.05) is 13.8 Å². The molecule has 0 fully saturated rings. The average Bonchev–Trinajstić information content (AvgIpc) is 3.21. The zero-order valence-electron chi connectivity index (χ0n) is 17.7. The van der Waals surface area contributed by atoms with Gasteiger partial charge in [-0.05, 0) is 5.92 Å². The minimum absolute atomic E-state index is 0.158. The molecule has 0 spiro atoms. The molecule has 0 saturated carbocycles. The molecule has 1 rings (SSSR count). The summed E-state index contributed by atoms with van der Waals surface area (Å²) in [4.78, 5) is 66.9. The smallest absolute Gasteiger partial charge is 0.327 e. The Labute approximate surface area is 189 Å². The Morgan fingerprint density at radius 3 is 2.19 bits per heavy atom. The van der Waals surface area contributed by atoms with Crippen LogP contribution in [0, 0.1) is 5.92 Å². The molecule has 0 aliphatic carbocycles. The van der Waals surface area contributed by atoms with E-state index in [1.54, 1.807) is 13.8 Å². The topological polar surface area (TPSA) is 222 Å². The van der Waals surface area contributed by atoms with Crippen molar-refractivity contribution in [2.24, 2.45) is 17.4 Å². The average molecular weight is 472 g/mol. The van der Waals surface area contributed by atoms with E-state index >= 15 is 0 Å². The summed E-state index contributed by atoms with van der Waals surface area (Å²) >= 11 is 3.85. The number of aromatic nitrogens is 2. The van der Waals surface area contributed by atoms with E-state index < -0.39 is 66.1 Å². The molecule has 0 saturated heterocycles. The molecule has 1 heterocycles. The number of imidazole rings is 1. The quantitative estimate of drug-likeness (QED) is 0.141. The van der Waals surface area contributed by atoms with Gasteiger partial charge in [-0.3, -0.25) is 19.2 Å². The zero-order chi connectivity index (χ0) is 24.4. The van der Waals surface area contributed by atoms with Gasteiger partial charge in [-0.2, -0.15) is 12.6 Å². The number of aromatic amines is 1. The molecule has 1 aromatic rings. The van der Waals surface area contributed by atoms with Crippen LogP contribution in [0.25, 0.3) is 0 Å². The predicted octanol–water partition coefficient (Wildman–Crippen LogP) is -2.72. The molecular weight excluding hydrogens is 442 g/mol. The fourth-order valence-electron chi connectivity index (χ4n) is 2.65. The molecule has 14 heteroatoms. The molecular formula is C18H29N7O6S. The van der Waals surface area contributed by atoms with Crippen molar-refractivity contribution in [1.29, 1.82) is 0 Å². The summed E-state index contributed by atoms with van der Waals surface area (Å²) in [5.74, 6) is -5.14. The van der Waals surface area contributed by atoms with E-state index in [2.05, 4.69) is 38.5 Å². The fourth-order valence-corrected chi connectivity index (χ4v) is 2.90. The highest BCUT2D eigenvalue weighted by Gasteiger charge is 2.32. The molecule has 32 heavy (non-hydrogen) atoms. The summed E-state index contributed by atoms with van der Waals surface area (Å²) < 4.78 is 0. The first-order valence-electron chi connectivity index (χ1n) is 9.72. The lowest BCUT2D eigenvalue weighted by molar-refractivity contribution is -0.141. The van der Waals surface area contributed by atoms with Crippen molar-refractivity contribution < 1.29 is 29.1 Å². The number of carbonyl (C=O) groups is 5. The van der Waals surface area contributed by atoms with Crippen molar-refractivity contribution in [2.75, 3.05) is 5.75 Å². The second-order valence-corrected chi connectivity index (χ2v) is 7.80. The molecule has 0 aromatic carbocycles. The van der Waals surface area contributed by atoms with Crippen molar-refractivity contribution in [3.8, 4) is 0 Å². The van der Waals surface area contributed by atoms with Gasteiger partial charge >= 0.3 is 5.97 Å². The van der Waals surface area contributed by atoms with E-state index in [0.717, 1.165) is 0 Å². The predicted molar refractivity (Wildman–Crippen MR) is 116 cm³/mol. The maximum absolute atomic E-state index is 12.8. The second kappa shape index (κ2) is 12.7. The number of thiol groups is 1. The number of nitrogens with zero attached hydrogens (tertiary/aromatic N) is 1. The normalized spacial score (nSPS) is 14.7. The summed E-state index contributed by atoms with van der Waals surface area (Å²) in [7, 11) is 0. The first kappa shape index (κ1) is 26.9. The Hall–Kier alpha value is -3.13. The van der Waals surface area contributed by atoms with Crippen LogP contribution >= 0.6 is 12.6 Å². The maximum atomic E-state index is 12.8. The molecule has 0 aliphatic rings. The SMILES string of the molecule is CC(C)C(NC(=O)C(N)Cc1cnc[nH]1)C(=O)NC(CC(N)=O)C(=O)NC(CS)C(=O)O. The minimum atomic E-state index is -1.45. The summed E-state index contributed by atoms with van der Waals surface area (Å²) in [5.41, 5.74) is 11.7. The Kier molecular flexibility index (Phi) is 10.6. The number of carboxylic acid groups (broad SMARTS) is 1. The number of primary amides is 1.